The predicted molar refractivity (Wildman–Crippen MR) is 112 cm³/mol. The fourth-order valence-corrected chi connectivity index (χ4v) is 4.67. The Hall–Kier alpha value is -3.18. The molecule has 1 aliphatic rings. The molecule has 1 aliphatic carbocycles. The van der Waals surface area contributed by atoms with Gasteiger partial charge in [-0.3, -0.25) is 4.79 Å². The molecule has 140 valence electrons. The molecule has 2 aromatic carbocycles. The molecule has 0 bridgehead atoms. The Balaban J connectivity index is 2.02. The van der Waals surface area contributed by atoms with Crippen LogP contribution < -0.4 is 5.43 Å². The SMILES string of the molecule is Cc1ccc(S(=O)(=O)n2cc(C3C=CC=CC=C3)c(=O)c3ccccc32)cc1. The Kier molecular flexibility index (Phi) is 4.61. The van der Waals surface area contributed by atoms with Crippen molar-refractivity contribution in [2.75, 3.05) is 0 Å². The lowest BCUT2D eigenvalue weighted by Gasteiger charge is -2.16. The molecule has 5 heteroatoms. The van der Waals surface area contributed by atoms with E-state index >= 15 is 0 Å². The van der Waals surface area contributed by atoms with Crippen LogP contribution in [0.3, 0.4) is 0 Å². The molecule has 0 unspecified atom stereocenters. The maximum Gasteiger partial charge on any atom is 0.268 e. The fraction of sp³-hybridized carbons (Fsp3) is 0.0870. The summed E-state index contributed by atoms with van der Waals surface area (Å²) in [6.07, 6.45) is 12.7. The van der Waals surface area contributed by atoms with Gasteiger partial charge in [-0.2, -0.15) is 0 Å². The molecule has 1 heterocycles. The first-order valence-corrected chi connectivity index (χ1v) is 10.4. The molecular weight excluding hydrogens is 370 g/mol. The third-order valence-electron chi connectivity index (χ3n) is 4.81. The molecule has 0 amide bonds. The number of nitrogens with zero attached hydrogens (tertiary/aromatic N) is 1. The van der Waals surface area contributed by atoms with Crippen LogP contribution in [-0.2, 0) is 10.0 Å². The van der Waals surface area contributed by atoms with Gasteiger partial charge in [0, 0.05) is 23.1 Å². The van der Waals surface area contributed by atoms with E-state index in [1.54, 1.807) is 48.5 Å². The molecule has 4 rings (SSSR count). The van der Waals surface area contributed by atoms with Gasteiger partial charge in [-0.25, -0.2) is 12.4 Å². The highest BCUT2D eigenvalue weighted by molar-refractivity contribution is 7.90. The van der Waals surface area contributed by atoms with E-state index in [-0.39, 0.29) is 16.2 Å². The third-order valence-corrected chi connectivity index (χ3v) is 6.50. The second-order valence-electron chi connectivity index (χ2n) is 6.73. The molecular formula is C23H19NO3S. The molecule has 4 nitrogen and oxygen atoms in total. The van der Waals surface area contributed by atoms with Gasteiger partial charge in [0.1, 0.15) is 0 Å². The maximum atomic E-state index is 13.4. The van der Waals surface area contributed by atoms with Crippen molar-refractivity contribution in [1.82, 2.24) is 3.97 Å². The molecule has 0 N–H and O–H groups in total. The number of hydrogen-bond donors (Lipinski definition) is 0. The van der Waals surface area contributed by atoms with Crippen LogP contribution in [0.5, 0.6) is 0 Å². The second-order valence-corrected chi connectivity index (χ2v) is 8.54. The topological polar surface area (TPSA) is 56.1 Å². The van der Waals surface area contributed by atoms with Gasteiger partial charge < -0.3 is 0 Å². The van der Waals surface area contributed by atoms with Gasteiger partial charge in [0.2, 0.25) is 0 Å². The molecule has 0 spiro atoms. The number of benzene rings is 2. The lowest BCUT2D eigenvalue weighted by Crippen LogP contribution is -2.21. The van der Waals surface area contributed by atoms with Crippen molar-refractivity contribution >= 4 is 20.9 Å². The second kappa shape index (κ2) is 7.09. The van der Waals surface area contributed by atoms with E-state index in [4.69, 9.17) is 0 Å². The summed E-state index contributed by atoms with van der Waals surface area (Å²) in [5.41, 5.74) is 1.61. The number of hydrogen-bond acceptors (Lipinski definition) is 3. The van der Waals surface area contributed by atoms with Crippen LogP contribution in [0, 0.1) is 6.92 Å². The summed E-state index contributed by atoms with van der Waals surface area (Å²) < 4.78 is 28.0. The highest BCUT2D eigenvalue weighted by Gasteiger charge is 2.22. The maximum absolute atomic E-state index is 13.4. The summed E-state index contributed by atoms with van der Waals surface area (Å²) in [4.78, 5) is 13.3. The first kappa shape index (κ1) is 18.2. The fourth-order valence-electron chi connectivity index (χ4n) is 3.30. The quantitative estimate of drug-likeness (QED) is 0.671. The van der Waals surface area contributed by atoms with Crippen LogP contribution in [0.1, 0.15) is 17.0 Å². The monoisotopic (exact) mass is 389 g/mol. The lowest BCUT2D eigenvalue weighted by molar-refractivity contribution is 0.588. The number of aryl methyl sites for hydroxylation is 1. The van der Waals surface area contributed by atoms with Crippen molar-refractivity contribution in [3.8, 4) is 0 Å². The molecule has 1 aromatic heterocycles. The summed E-state index contributed by atoms with van der Waals surface area (Å²) in [6, 6.07) is 13.5. The number of allylic oxidation sites excluding steroid dienone is 6. The van der Waals surface area contributed by atoms with Crippen molar-refractivity contribution in [2.24, 2.45) is 0 Å². The zero-order valence-electron chi connectivity index (χ0n) is 15.3. The normalized spacial score (nSPS) is 14.5. The van der Waals surface area contributed by atoms with Gasteiger partial charge in [-0.15, -0.1) is 0 Å². The smallest absolute Gasteiger partial charge is 0.268 e. The van der Waals surface area contributed by atoms with E-state index in [2.05, 4.69) is 0 Å². The summed E-state index contributed by atoms with van der Waals surface area (Å²) in [6.45, 7) is 1.90. The largest absolute Gasteiger partial charge is 0.289 e. The van der Waals surface area contributed by atoms with Crippen molar-refractivity contribution in [2.45, 2.75) is 17.7 Å². The van der Waals surface area contributed by atoms with Crippen molar-refractivity contribution < 1.29 is 8.42 Å². The molecule has 0 fully saturated rings. The Morgan fingerprint density at radius 2 is 1.50 bits per heavy atom. The minimum atomic E-state index is -3.86. The molecule has 0 saturated carbocycles. The van der Waals surface area contributed by atoms with Gasteiger partial charge in [-0.05, 0) is 31.2 Å². The first-order chi connectivity index (χ1) is 13.5. The number of rotatable bonds is 3. The minimum Gasteiger partial charge on any atom is -0.289 e. The van der Waals surface area contributed by atoms with Crippen LogP contribution in [0.15, 0.2) is 101 Å². The average Bonchev–Trinajstić information content (AvgIpc) is 2.98. The third kappa shape index (κ3) is 3.14. The van der Waals surface area contributed by atoms with Crippen LogP contribution in [-0.4, -0.2) is 12.4 Å². The van der Waals surface area contributed by atoms with E-state index < -0.39 is 10.0 Å². The molecule has 28 heavy (non-hydrogen) atoms. The van der Waals surface area contributed by atoms with E-state index in [1.807, 2.05) is 43.4 Å². The van der Waals surface area contributed by atoms with Crippen LogP contribution >= 0.6 is 0 Å². The van der Waals surface area contributed by atoms with E-state index in [9.17, 15) is 13.2 Å². The Morgan fingerprint density at radius 3 is 2.18 bits per heavy atom. The molecule has 3 aromatic rings. The number of para-hydroxylation sites is 1. The predicted octanol–water partition coefficient (Wildman–Crippen LogP) is 4.31. The molecule has 0 radical (unpaired) electrons. The van der Waals surface area contributed by atoms with Crippen molar-refractivity contribution in [1.29, 1.82) is 0 Å². The average molecular weight is 389 g/mol. The highest BCUT2D eigenvalue weighted by atomic mass is 32.2. The minimum absolute atomic E-state index is 0.160. The van der Waals surface area contributed by atoms with E-state index in [0.717, 1.165) is 5.56 Å². The number of pyridine rings is 1. The van der Waals surface area contributed by atoms with Gasteiger partial charge in [0.05, 0.1) is 10.4 Å². The van der Waals surface area contributed by atoms with Crippen LogP contribution in [0.4, 0.5) is 0 Å². The van der Waals surface area contributed by atoms with Gasteiger partial charge in [0.25, 0.3) is 10.0 Å². The van der Waals surface area contributed by atoms with E-state index in [0.29, 0.717) is 16.5 Å². The van der Waals surface area contributed by atoms with Crippen LogP contribution in [0.25, 0.3) is 10.9 Å². The first-order valence-electron chi connectivity index (χ1n) is 8.97. The highest BCUT2D eigenvalue weighted by Crippen LogP contribution is 2.25. The Bertz CT molecular complexity index is 1280. The number of fused-ring (bicyclic) bond motifs is 1. The summed E-state index contributed by atoms with van der Waals surface area (Å²) >= 11 is 0. The zero-order chi connectivity index (χ0) is 19.7. The lowest BCUT2D eigenvalue weighted by atomic mass is 9.98. The van der Waals surface area contributed by atoms with Crippen molar-refractivity contribution in [3.63, 3.8) is 0 Å². The van der Waals surface area contributed by atoms with Crippen LogP contribution in [0.2, 0.25) is 0 Å². The molecule has 0 aliphatic heterocycles. The van der Waals surface area contributed by atoms with Crippen molar-refractivity contribution in [3.05, 3.63) is 113 Å². The van der Waals surface area contributed by atoms with E-state index in [1.165, 1.54) is 10.2 Å². The Morgan fingerprint density at radius 1 is 0.857 bits per heavy atom. The summed E-state index contributed by atoms with van der Waals surface area (Å²) in [7, 11) is -3.86. The zero-order valence-corrected chi connectivity index (χ0v) is 16.1. The molecule has 0 atom stereocenters. The standard InChI is InChI=1S/C23H19NO3S/c1-17-12-14-19(15-13-17)28(26,27)24-16-21(18-8-4-2-3-5-9-18)23(25)20-10-6-7-11-22(20)24/h2-16,18H,1H3. The molecule has 0 saturated heterocycles. The van der Waals surface area contributed by atoms with Gasteiger partial charge in [0.15, 0.2) is 5.43 Å². The Labute approximate surface area is 163 Å². The van der Waals surface area contributed by atoms with Gasteiger partial charge in [-0.1, -0.05) is 66.3 Å². The number of aromatic nitrogens is 1. The summed E-state index contributed by atoms with van der Waals surface area (Å²) in [5.74, 6) is -0.299. The van der Waals surface area contributed by atoms with Gasteiger partial charge >= 0.3 is 0 Å². The summed E-state index contributed by atoms with van der Waals surface area (Å²) in [5, 5.41) is 0.384.